The van der Waals surface area contributed by atoms with Gasteiger partial charge >= 0.3 is 0 Å². The van der Waals surface area contributed by atoms with Crippen molar-refractivity contribution in [2.24, 2.45) is 5.10 Å². The molecule has 1 aromatic carbocycles. The molecule has 1 unspecified atom stereocenters. The van der Waals surface area contributed by atoms with Gasteiger partial charge in [-0.15, -0.1) is 5.10 Å². The van der Waals surface area contributed by atoms with Gasteiger partial charge in [-0.3, -0.25) is 4.79 Å². The SMILES string of the molecule is COc1cc(C2=NNC(=O)C(C)O2)ccc1Cl. The van der Waals surface area contributed by atoms with Crippen LogP contribution in [0.5, 0.6) is 5.75 Å². The van der Waals surface area contributed by atoms with E-state index in [-0.39, 0.29) is 5.91 Å². The van der Waals surface area contributed by atoms with Crippen molar-refractivity contribution in [3.63, 3.8) is 0 Å². The lowest BCUT2D eigenvalue weighted by Gasteiger charge is -2.20. The van der Waals surface area contributed by atoms with E-state index in [4.69, 9.17) is 21.1 Å². The molecule has 2 rings (SSSR count). The molecule has 0 radical (unpaired) electrons. The van der Waals surface area contributed by atoms with Gasteiger partial charge in [0.25, 0.3) is 5.91 Å². The van der Waals surface area contributed by atoms with Crippen LogP contribution in [0.4, 0.5) is 0 Å². The third-order valence-electron chi connectivity index (χ3n) is 2.32. The van der Waals surface area contributed by atoms with E-state index in [2.05, 4.69) is 10.5 Å². The van der Waals surface area contributed by atoms with E-state index in [1.165, 1.54) is 7.11 Å². The molecule has 1 aromatic rings. The normalized spacial score (nSPS) is 19.1. The molecule has 17 heavy (non-hydrogen) atoms. The van der Waals surface area contributed by atoms with Gasteiger partial charge in [0.2, 0.25) is 5.90 Å². The Balaban J connectivity index is 2.32. The maximum Gasteiger partial charge on any atom is 0.280 e. The van der Waals surface area contributed by atoms with Crippen molar-refractivity contribution in [2.45, 2.75) is 13.0 Å². The second-order valence-electron chi connectivity index (χ2n) is 3.50. The highest BCUT2D eigenvalue weighted by Gasteiger charge is 2.22. The topological polar surface area (TPSA) is 59.9 Å². The highest BCUT2D eigenvalue weighted by Crippen LogP contribution is 2.25. The molecule has 0 fully saturated rings. The largest absolute Gasteiger partial charge is 0.495 e. The van der Waals surface area contributed by atoms with Crippen molar-refractivity contribution < 1.29 is 14.3 Å². The molecule has 1 amide bonds. The Morgan fingerprint density at radius 2 is 2.29 bits per heavy atom. The molecule has 1 aliphatic rings. The van der Waals surface area contributed by atoms with E-state index >= 15 is 0 Å². The van der Waals surface area contributed by atoms with Crippen LogP contribution in [0, 0.1) is 0 Å². The number of nitrogens with one attached hydrogen (secondary N) is 1. The van der Waals surface area contributed by atoms with Crippen molar-refractivity contribution >= 4 is 23.4 Å². The van der Waals surface area contributed by atoms with E-state index in [9.17, 15) is 4.79 Å². The zero-order valence-electron chi connectivity index (χ0n) is 9.36. The molecule has 1 aliphatic heterocycles. The zero-order chi connectivity index (χ0) is 12.4. The molecule has 0 aromatic heterocycles. The van der Waals surface area contributed by atoms with Crippen LogP contribution >= 0.6 is 11.6 Å². The fourth-order valence-corrected chi connectivity index (χ4v) is 1.56. The maximum atomic E-state index is 11.2. The van der Waals surface area contributed by atoms with Crippen LogP contribution < -0.4 is 10.2 Å². The summed E-state index contributed by atoms with van der Waals surface area (Å²) in [6.07, 6.45) is -0.566. The van der Waals surface area contributed by atoms with E-state index in [0.717, 1.165) is 0 Å². The standard InChI is InChI=1S/C11H11ClN2O3/c1-6-10(15)13-14-11(17-6)7-3-4-8(12)9(5-7)16-2/h3-6H,1-2H3,(H,13,15). The van der Waals surface area contributed by atoms with E-state index in [1.54, 1.807) is 25.1 Å². The van der Waals surface area contributed by atoms with Crippen LogP contribution in [0.1, 0.15) is 12.5 Å². The smallest absolute Gasteiger partial charge is 0.280 e. The molecule has 0 aliphatic carbocycles. The monoisotopic (exact) mass is 254 g/mol. The van der Waals surface area contributed by atoms with Gasteiger partial charge in [-0.05, 0) is 25.1 Å². The fraction of sp³-hybridized carbons (Fsp3) is 0.273. The zero-order valence-corrected chi connectivity index (χ0v) is 10.1. The number of benzene rings is 1. The maximum absolute atomic E-state index is 11.2. The van der Waals surface area contributed by atoms with Gasteiger partial charge in [0.1, 0.15) is 5.75 Å². The van der Waals surface area contributed by atoms with Gasteiger partial charge in [-0.2, -0.15) is 0 Å². The van der Waals surface area contributed by atoms with E-state index < -0.39 is 6.10 Å². The van der Waals surface area contributed by atoms with Crippen LogP contribution in [0.3, 0.4) is 0 Å². The molecule has 0 saturated heterocycles. The number of methoxy groups -OCH3 is 1. The number of nitrogens with zero attached hydrogens (tertiary/aromatic N) is 1. The summed E-state index contributed by atoms with van der Waals surface area (Å²) in [5.41, 5.74) is 3.08. The lowest BCUT2D eigenvalue weighted by Crippen LogP contribution is -2.39. The molecule has 5 nitrogen and oxygen atoms in total. The molecule has 1 N–H and O–H groups in total. The first-order valence-electron chi connectivity index (χ1n) is 5.00. The van der Waals surface area contributed by atoms with Crippen molar-refractivity contribution in [1.82, 2.24) is 5.43 Å². The third-order valence-corrected chi connectivity index (χ3v) is 2.64. The predicted molar refractivity (Wildman–Crippen MR) is 63.2 cm³/mol. The first-order valence-corrected chi connectivity index (χ1v) is 5.37. The van der Waals surface area contributed by atoms with Crippen molar-refractivity contribution in [3.05, 3.63) is 28.8 Å². The van der Waals surface area contributed by atoms with Gasteiger partial charge in [0, 0.05) is 5.56 Å². The Bertz CT molecular complexity index is 488. The average Bonchev–Trinajstić information content (AvgIpc) is 2.33. The van der Waals surface area contributed by atoms with Crippen LogP contribution in [-0.4, -0.2) is 25.0 Å². The van der Waals surface area contributed by atoms with Crippen LogP contribution in [-0.2, 0) is 9.53 Å². The van der Waals surface area contributed by atoms with Crippen molar-refractivity contribution in [1.29, 1.82) is 0 Å². The summed E-state index contributed by atoms with van der Waals surface area (Å²) in [5.74, 6) is 0.599. The van der Waals surface area contributed by atoms with Crippen molar-refractivity contribution in [2.75, 3.05) is 7.11 Å². The number of hydrogen-bond donors (Lipinski definition) is 1. The molecular weight excluding hydrogens is 244 g/mol. The van der Waals surface area contributed by atoms with Crippen LogP contribution in [0.2, 0.25) is 5.02 Å². The summed E-state index contributed by atoms with van der Waals surface area (Å²) >= 11 is 5.91. The summed E-state index contributed by atoms with van der Waals surface area (Å²) in [6, 6.07) is 5.13. The Morgan fingerprint density at radius 3 is 2.94 bits per heavy atom. The number of rotatable bonds is 2. The third kappa shape index (κ3) is 2.34. The van der Waals surface area contributed by atoms with Gasteiger partial charge in [0.15, 0.2) is 6.10 Å². The van der Waals surface area contributed by atoms with Gasteiger partial charge in [0.05, 0.1) is 12.1 Å². The van der Waals surface area contributed by atoms with E-state index in [1.807, 2.05) is 0 Å². The van der Waals surface area contributed by atoms with Gasteiger partial charge in [-0.1, -0.05) is 11.6 Å². The highest BCUT2D eigenvalue weighted by atomic mass is 35.5. The number of hydrazone groups is 1. The lowest BCUT2D eigenvalue weighted by atomic mass is 10.2. The molecule has 1 atom stereocenters. The number of carbonyl (C=O) groups is 1. The highest BCUT2D eigenvalue weighted by molar-refractivity contribution is 6.32. The quantitative estimate of drug-likeness (QED) is 0.871. The van der Waals surface area contributed by atoms with Crippen LogP contribution in [0.25, 0.3) is 0 Å². The minimum atomic E-state index is -0.566. The number of ether oxygens (including phenoxy) is 2. The molecular formula is C11H11ClN2O3. The molecule has 0 spiro atoms. The number of hydrogen-bond acceptors (Lipinski definition) is 4. The Morgan fingerprint density at radius 1 is 1.53 bits per heavy atom. The molecule has 6 heteroatoms. The first kappa shape index (κ1) is 11.7. The number of amides is 1. The van der Waals surface area contributed by atoms with Gasteiger partial charge < -0.3 is 9.47 Å². The van der Waals surface area contributed by atoms with E-state index in [0.29, 0.717) is 22.2 Å². The second kappa shape index (κ2) is 4.63. The minimum Gasteiger partial charge on any atom is -0.495 e. The molecule has 90 valence electrons. The Kier molecular flexibility index (Phi) is 3.19. The fourth-order valence-electron chi connectivity index (χ4n) is 1.37. The summed E-state index contributed by atoms with van der Waals surface area (Å²) in [6.45, 7) is 1.65. The molecule has 0 saturated carbocycles. The molecule has 1 heterocycles. The first-order chi connectivity index (χ1) is 8.11. The minimum absolute atomic E-state index is 0.269. The summed E-state index contributed by atoms with van der Waals surface area (Å²) < 4.78 is 10.5. The Labute approximate surface area is 103 Å². The molecule has 0 bridgehead atoms. The summed E-state index contributed by atoms with van der Waals surface area (Å²) in [5, 5.41) is 4.34. The average molecular weight is 255 g/mol. The number of carbonyl (C=O) groups excluding carboxylic acids is 1. The summed E-state index contributed by atoms with van der Waals surface area (Å²) in [7, 11) is 1.53. The lowest BCUT2D eigenvalue weighted by molar-refractivity contribution is -0.129. The number of halogens is 1. The van der Waals surface area contributed by atoms with Crippen molar-refractivity contribution in [3.8, 4) is 5.75 Å². The second-order valence-corrected chi connectivity index (χ2v) is 3.91. The van der Waals surface area contributed by atoms with Gasteiger partial charge in [-0.25, -0.2) is 5.43 Å². The van der Waals surface area contributed by atoms with Crippen LogP contribution in [0.15, 0.2) is 23.3 Å². The summed E-state index contributed by atoms with van der Waals surface area (Å²) in [4.78, 5) is 11.2. The Hall–Kier alpha value is -1.75. The predicted octanol–water partition coefficient (Wildman–Crippen LogP) is 1.55.